The van der Waals surface area contributed by atoms with Crippen molar-refractivity contribution in [3.05, 3.63) is 304 Å². The summed E-state index contributed by atoms with van der Waals surface area (Å²) < 4.78 is 89.2. The Labute approximate surface area is 816 Å². The van der Waals surface area contributed by atoms with Crippen LogP contribution in [0.5, 0.6) is 5.75 Å². The van der Waals surface area contributed by atoms with Crippen LogP contribution in [0.15, 0.2) is 237 Å². The molecular formula is C114H106F6N12O9. The SMILES string of the molecule is C#Cc1c(F)cc(N[C@@H]2C[C@H](C)N(C(C)=O)c3ccc(-c4cccc(NC(C)=O)c4)cc32)cc1F.C#Cc1ccc(N[C@@H]2C[C@H](C)N(C(C)=O)c3ccc(-c4cccc(NC(C)=O)c4)cc32)cc1C(F)(F)F.C#Cc1ccc(N[C@@H]2C[C@H](C)N(C(C)=O)c3ccc(-c4cccc(NC(C)=O)c4)cc32)cc1F.C#Cc1ccc(N[C@@H]2C[C@H](C)N(C(C)=O)c3ccc(-c4cccc(NC(C)=O)c4)cc32)cc1OC. The standard InChI is InChI=1S/C29H26F3N3O2.C29H29N3O3.C28H25F2N3O2.C28H26FN3O2/c1-5-20-9-11-24(16-26(20)29(30,31)32)34-27-13-17(2)35(19(4)37)28-12-10-22(15-25(27)28)21-7-6-8-23(14-21)33-18(3)36;1-6-21-10-12-25(17-29(21)35-5)31-27-14-18(2)32(20(4)34)28-13-11-23(16-26(27)28)22-8-7-9-24(15-22)30-19(3)33;1-5-23-25(29)14-22(15-26(23)30)32-27-11-16(2)33(18(4)35)28-10-9-20(13-24(27)28)19-7-6-8-21(12-19)31-17(3)34;1-5-20-9-11-24(16-26(20)29)31-27-13-17(2)32(19(4)34)28-12-10-22(15-25(27)28)21-7-6-8-23(14-21)30-18(3)33/h1,6-12,14-17,27,34H,13H2,2-4H3,(H,33,36);1,7-13,15-18,27,31H,14H2,2-5H3,(H,30,33);1,6-10,12-16,27,32H,11H2,2-4H3,(H,31,34);1,6-12,14-17,27,31H,13H2,2-4H3,(H,30,33)/t17-,27+;18-,27+;16-,27+;17-,27+/m0000/s1. The summed E-state index contributed by atoms with van der Waals surface area (Å²) in [4.78, 5) is 103. The molecule has 8 N–H and O–H groups in total. The molecule has 141 heavy (non-hydrogen) atoms. The number of carbonyl (C=O) groups is 8. The van der Waals surface area contributed by atoms with E-state index in [0.717, 1.165) is 108 Å². The predicted octanol–water partition coefficient (Wildman–Crippen LogP) is 23.8. The van der Waals surface area contributed by atoms with Crippen LogP contribution in [0.4, 0.5) is 94.6 Å². The van der Waals surface area contributed by atoms with E-state index in [4.69, 9.17) is 30.4 Å². The Morgan fingerprint density at radius 3 is 0.851 bits per heavy atom. The predicted molar refractivity (Wildman–Crippen MR) is 548 cm³/mol. The van der Waals surface area contributed by atoms with Crippen molar-refractivity contribution in [1.29, 1.82) is 0 Å². The van der Waals surface area contributed by atoms with E-state index >= 15 is 0 Å². The van der Waals surface area contributed by atoms with Crippen LogP contribution in [-0.4, -0.2) is 78.5 Å². The van der Waals surface area contributed by atoms with E-state index in [1.807, 2.05) is 201 Å². The number of methoxy groups -OCH3 is 1. The van der Waals surface area contributed by atoms with Gasteiger partial charge in [-0.05, 0) is 278 Å². The van der Waals surface area contributed by atoms with E-state index in [9.17, 15) is 64.7 Å². The second-order valence-electron chi connectivity index (χ2n) is 35.1. The Bertz CT molecular complexity index is 7050. The van der Waals surface area contributed by atoms with Crippen molar-refractivity contribution in [1.82, 2.24) is 0 Å². The van der Waals surface area contributed by atoms with Crippen LogP contribution in [0.3, 0.4) is 0 Å². The molecule has 0 unspecified atom stereocenters. The number of carbonyl (C=O) groups excluding carboxylic acids is 8. The lowest BCUT2D eigenvalue weighted by molar-refractivity contribution is -0.137. The van der Waals surface area contributed by atoms with Crippen LogP contribution in [0.1, 0.15) is 183 Å². The number of hydrogen-bond donors (Lipinski definition) is 8. The van der Waals surface area contributed by atoms with Crippen molar-refractivity contribution in [2.45, 2.75) is 163 Å². The third-order valence-electron chi connectivity index (χ3n) is 24.7. The van der Waals surface area contributed by atoms with Crippen LogP contribution < -0.4 is 66.9 Å². The number of nitrogens with zero attached hydrogens (tertiary/aromatic N) is 4. The third-order valence-corrected chi connectivity index (χ3v) is 24.7. The summed E-state index contributed by atoms with van der Waals surface area (Å²) >= 11 is 0. The van der Waals surface area contributed by atoms with Gasteiger partial charge in [0.2, 0.25) is 47.3 Å². The van der Waals surface area contributed by atoms with Gasteiger partial charge in [0.15, 0.2) is 0 Å². The Morgan fingerprint density at radius 1 is 0.312 bits per heavy atom. The first-order valence-electron chi connectivity index (χ1n) is 45.6. The molecule has 4 aliphatic rings. The number of alkyl halides is 3. The summed E-state index contributed by atoms with van der Waals surface area (Å²) in [7, 11) is 1.60. The second-order valence-corrected chi connectivity index (χ2v) is 35.1. The van der Waals surface area contributed by atoms with Gasteiger partial charge in [0.25, 0.3) is 0 Å². The smallest absolute Gasteiger partial charge is 0.417 e. The van der Waals surface area contributed by atoms with Crippen LogP contribution in [0.25, 0.3) is 44.5 Å². The molecule has 0 saturated carbocycles. The van der Waals surface area contributed by atoms with Gasteiger partial charge in [-0.15, -0.1) is 25.7 Å². The summed E-state index contributed by atoms with van der Waals surface area (Å²) in [5.74, 6) is 6.82. The maximum atomic E-state index is 14.3. The third kappa shape index (κ3) is 24.1. The van der Waals surface area contributed by atoms with Gasteiger partial charge in [0.1, 0.15) is 23.2 Å². The fourth-order valence-electron chi connectivity index (χ4n) is 18.8. The molecule has 12 aromatic carbocycles. The highest BCUT2D eigenvalue weighted by molar-refractivity contribution is 5.99. The normalized spacial score (nSPS) is 16.8. The number of halogens is 6. The van der Waals surface area contributed by atoms with Crippen LogP contribution in [0.2, 0.25) is 0 Å². The van der Waals surface area contributed by atoms with E-state index in [1.165, 1.54) is 71.9 Å². The van der Waals surface area contributed by atoms with Gasteiger partial charge in [0.05, 0.1) is 53.5 Å². The van der Waals surface area contributed by atoms with Crippen molar-refractivity contribution in [3.8, 4) is 99.6 Å². The molecule has 12 aromatic rings. The number of benzene rings is 12. The average Bonchev–Trinajstić information content (AvgIpc) is 0.774. The zero-order valence-corrected chi connectivity index (χ0v) is 80.0. The van der Waals surface area contributed by atoms with E-state index in [-0.39, 0.29) is 118 Å². The number of hydrogen-bond acceptors (Lipinski definition) is 13. The number of ether oxygens (including phenoxy) is 1. The first-order valence-corrected chi connectivity index (χ1v) is 45.6. The lowest BCUT2D eigenvalue weighted by atomic mass is 9.88. The molecule has 8 atom stereocenters. The molecule has 0 saturated heterocycles. The fourth-order valence-corrected chi connectivity index (χ4v) is 18.8. The molecule has 0 spiro atoms. The van der Waals surface area contributed by atoms with Crippen LogP contribution in [0, 0.1) is 66.8 Å². The van der Waals surface area contributed by atoms with Crippen molar-refractivity contribution >= 4 is 116 Å². The highest BCUT2D eigenvalue weighted by Gasteiger charge is 2.40. The zero-order chi connectivity index (χ0) is 102. The van der Waals surface area contributed by atoms with Gasteiger partial charge in [0, 0.05) is 159 Å². The highest BCUT2D eigenvalue weighted by atomic mass is 19.4. The number of nitrogens with one attached hydrogen (secondary N) is 8. The van der Waals surface area contributed by atoms with Crippen molar-refractivity contribution in [2.24, 2.45) is 0 Å². The van der Waals surface area contributed by atoms with Crippen LogP contribution >= 0.6 is 0 Å². The summed E-state index contributed by atoms with van der Waals surface area (Å²) in [6, 6.07) is 69.1. The molecule has 0 fully saturated rings. The Kier molecular flexibility index (Phi) is 31.8. The molecular weight excluding hydrogens is 1800 g/mol. The quantitative estimate of drug-likeness (QED) is 0.0312. The maximum absolute atomic E-state index is 14.3. The molecule has 16 rings (SSSR count). The monoisotopic (exact) mass is 1900 g/mol. The number of fused-ring (bicyclic) bond motifs is 4. The molecule has 0 aliphatic carbocycles. The number of terminal acetylenes is 4. The lowest BCUT2D eigenvalue weighted by Crippen LogP contribution is -2.43. The Morgan fingerprint density at radius 2 is 0.582 bits per heavy atom. The maximum Gasteiger partial charge on any atom is 0.417 e. The molecule has 27 heteroatoms. The van der Waals surface area contributed by atoms with Gasteiger partial charge < -0.3 is 66.9 Å². The van der Waals surface area contributed by atoms with Gasteiger partial charge in [-0.2, -0.15) is 13.2 Å². The van der Waals surface area contributed by atoms with Crippen molar-refractivity contribution in [3.63, 3.8) is 0 Å². The molecule has 4 heterocycles. The molecule has 21 nitrogen and oxygen atoms in total. The van der Waals surface area contributed by atoms with E-state index in [2.05, 4.69) is 73.3 Å². The number of anilines is 12. The van der Waals surface area contributed by atoms with Crippen molar-refractivity contribution in [2.75, 3.05) is 69.2 Å². The number of amides is 8. The average molecular weight is 1900 g/mol. The molecule has 8 amide bonds. The summed E-state index contributed by atoms with van der Waals surface area (Å²) in [6.45, 7) is 19.9. The largest absolute Gasteiger partial charge is 0.495 e. The summed E-state index contributed by atoms with van der Waals surface area (Å²) in [5.41, 5.74) is 18.2. The van der Waals surface area contributed by atoms with Gasteiger partial charge in [-0.1, -0.05) is 96.5 Å². The lowest BCUT2D eigenvalue weighted by Gasteiger charge is -2.40. The molecule has 0 radical (unpaired) electrons. The minimum atomic E-state index is -4.59. The Hall–Kier alpha value is -16.8. The molecule has 718 valence electrons. The van der Waals surface area contributed by atoms with E-state index in [1.54, 1.807) is 59.9 Å². The second kappa shape index (κ2) is 44.1. The van der Waals surface area contributed by atoms with Gasteiger partial charge in [-0.3, -0.25) is 38.4 Å². The fraction of sp³-hybridized carbons (Fsp3) is 0.228. The van der Waals surface area contributed by atoms with E-state index < -0.39 is 34.8 Å². The molecule has 0 bridgehead atoms. The first-order chi connectivity index (χ1) is 67.2. The minimum Gasteiger partial charge on any atom is -0.495 e. The number of rotatable bonds is 17. The van der Waals surface area contributed by atoms with E-state index in [0.29, 0.717) is 59.0 Å². The topological polar surface area (TPSA) is 255 Å². The van der Waals surface area contributed by atoms with Gasteiger partial charge >= 0.3 is 6.18 Å². The summed E-state index contributed by atoms with van der Waals surface area (Å²) in [6.07, 6.45) is 19.2. The minimum absolute atomic E-state index is 0.0117. The van der Waals surface area contributed by atoms with Gasteiger partial charge in [-0.25, -0.2) is 13.2 Å². The first kappa shape index (κ1) is 102. The zero-order valence-electron chi connectivity index (χ0n) is 80.0. The van der Waals surface area contributed by atoms with Crippen LogP contribution in [-0.2, 0) is 44.5 Å². The van der Waals surface area contributed by atoms with Crippen molar-refractivity contribution < 1.29 is 69.4 Å². The Balaban J connectivity index is 0.000000158. The molecule has 4 aliphatic heterocycles. The molecule has 0 aromatic heterocycles. The summed E-state index contributed by atoms with van der Waals surface area (Å²) in [5, 5.41) is 24.7. The highest BCUT2D eigenvalue weighted by Crippen LogP contribution is 2.48.